The first-order chi connectivity index (χ1) is 10.8. The van der Waals surface area contributed by atoms with Crippen molar-refractivity contribution in [3.05, 3.63) is 54.1 Å². The minimum atomic E-state index is -3.34. The number of aromatic nitrogens is 2. The zero-order chi connectivity index (χ0) is 16.6. The maximum atomic E-state index is 13.7. The molecule has 118 valence electrons. The summed E-state index contributed by atoms with van der Waals surface area (Å²) < 4.78 is 37.1. The van der Waals surface area contributed by atoms with Gasteiger partial charge in [0, 0.05) is 17.3 Å². The molecule has 3 aromatic rings. The van der Waals surface area contributed by atoms with Gasteiger partial charge in [0.15, 0.2) is 9.84 Å². The maximum absolute atomic E-state index is 13.7. The maximum Gasteiger partial charge on any atom is 0.175 e. The molecular formula is C16H14FN3O2S. The van der Waals surface area contributed by atoms with E-state index in [4.69, 9.17) is 0 Å². The Bertz CT molecular complexity index is 1000. The van der Waals surface area contributed by atoms with Crippen LogP contribution in [0.1, 0.15) is 5.56 Å². The topological polar surface area (TPSA) is 72.0 Å². The number of nitrogens with one attached hydrogen (secondary N) is 1. The highest BCUT2D eigenvalue weighted by Gasteiger charge is 2.11. The number of rotatable bonds is 3. The van der Waals surface area contributed by atoms with Gasteiger partial charge in [-0.1, -0.05) is 6.07 Å². The van der Waals surface area contributed by atoms with E-state index in [1.54, 1.807) is 25.1 Å². The van der Waals surface area contributed by atoms with Gasteiger partial charge in [0.05, 0.1) is 10.4 Å². The lowest BCUT2D eigenvalue weighted by Gasteiger charge is -2.10. The van der Waals surface area contributed by atoms with Gasteiger partial charge in [-0.25, -0.2) is 22.8 Å². The van der Waals surface area contributed by atoms with E-state index in [-0.39, 0.29) is 10.7 Å². The molecule has 1 N–H and O–H groups in total. The van der Waals surface area contributed by atoms with Crippen LogP contribution in [0.3, 0.4) is 0 Å². The third-order valence-electron chi connectivity index (χ3n) is 3.47. The van der Waals surface area contributed by atoms with Crippen LogP contribution in [0.15, 0.2) is 47.6 Å². The van der Waals surface area contributed by atoms with Crippen molar-refractivity contribution in [2.75, 3.05) is 11.6 Å². The van der Waals surface area contributed by atoms with Gasteiger partial charge in [0.2, 0.25) is 0 Å². The zero-order valence-electron chi connectivity index (χ0n) is 12.5. The van der Waals surface area contributed by atoms with Crippen LogP contribution >= 0.6 is 0 Å². The minimum Gasteiger partial charge on any atom is -0.340 e. The van der Waals surface area contributed by atoms with Crippen LogP contribution in [-0.4, -0.2) is 24.6 Å². The van der Waals surface area contributed by atoms with Crippen molar-refractivity contribution in [2.45, 2.75) is 11.8 Å². The fraction of sp³-hybridized carbons (Fsp3) is 0.125. The minimum absolute atomic E-state index is 0.179. The van der Waals surface area contributed by atoms with Gasteiger partial charge >= 0.3 is 0 Å². The van der Waals surface area contributed by atoms with E-state index in [2.05, 4.69) is 15.3 Å². The number of anilines is 2. The summed E-state index contributed by atoms with van der Waals surface area (Å²) in [6.07, 6.45) is 2.51. The van der Waals surface area contributed by atoms with Crippen molar-refractivity contribution >= 4 is 32.2 Å². The second-order valence-corrected chi connectivity index (χ2v) is 7.28. The average molecular weight is 331 g/mol. The fourth-order valence-electron chi connectivity index (χ4n) is 2.17. The molecule has 0 unspecified atom stereocenters. The van der Waals surface area contributed by atoms with Gasteiger partial charge in [-0.3, -0.25) is 0 Å². The van der Waals surface area contributed by atoms with Crippen LogP contribution in [0.4, 0.5) is 15.9 Å². The molecule has 0 aliphatic rings. The Morgan fingerprint density at radius 1 is 1.09 bits per heavy atom. The summed E-state index contributed by atoms with van der Waals surface area (Å²) in [5.74, 6) is 0.0916. The number of benzene rings is 2. The van der Waals surface area contributed by atoms with E-state index >= 15 is 0 Å². The molecule has 0 aliphatic heterocycles. The molecule has 2 aromatic carbocycles. The zero-order valence-corrected chi connectivity index (χ0v) is 13.4. The first-order valence-electron chi connectivity index (χ1n) is 6.82. The Kier molecular flexibility index (Phi) is 3.73. The van der Waals surface area contributed by atoms with Crippen molar-refractivity contribution in [3.63, 3.8) is 0 Å². The lowest BCUT2D eigenvalue weighted by Crippen LogP contribution is -2.00. The van der Waals surface area contributed by atoms with E-state index in [1.165, 1.54) is 24.5 Å². The van der Waals surface area contributed by atoms with E-state index < -0.39 is 9.84 Å². The Morgan fingerprint density at radius 3 is 2.57 bits per heavy atom. The Labute approximate surface area is 133 Å². The third kappa shape index (κ3) is 3.14. The Hall–Kier alpha value is -2.54. The molecule has 0 bridgehead atoms. The third-order valence-corrected chi connectivity index (χ3v) is 4.58. The van der Waals surface area contributed by atoms with Gasteiger partial charge < -0.3 is 5.32 Å². The summed E-state index contributed by atoms with van der Waals surface area (Å²) in [5.41, 5.74) is 1.67. The number of aryl methyl sites for hydroxylation is 1. The summed E-state index contributed by atoms with van der Waals surface area (Å²) in [4.78, 5) is 8.43. The molecule has 0 saturated carbocycles. The number of hydrogen-bond donors (Lipinski definition) is 1. The molecule has 0 aliphatic carbocycles. The summed E-state index contributed by atoms with van der Waals surface area (Å²) in [6.45, 7) is 1.68. The lowest BCUT2D eigenvalue weighted by molar-refractivity contribution is 0.602. The number of fused-ring (bicyclic) bond motifs is 1. The second-order valence-electron chi connectivity index (χ2n) is 5.26. The molecule has 0 fully saturated rings. The average Bonchev–Trinajstić information content (AvgIpc) is 2.50. The number of hydrogen-bond acceptors (Lipinski definition) is 5. The van der Waals surface area contributed by atoms with Gasteiger partial charge in [-0.2, -0.15) is 0 Å². The molecule has 3 rings (SSSR count). The first kappa shape index (κ1) is 15.4. The smallest absolute Gasteiger partial charge is 0.175 e. The molecule has 23 heavy (non-hydrogen) atoms. The largest absolute Gasteiger partial charge is 0.340 e. The fourth-order valence-corrected chi connectivity index (χ4v) is 2.82. The van der Waals surface area contributed by atoms with Crippen LogP contribution in [0.2, 0.25) is 0 Å². The van der Waals surface area contributed by atoms with Gasteiger partial charge in [-0.15, -0.1) is 0 Å². The van der Waals surface area contributed by atoms with E-state index in [9.17, 15) is 12.8 Å². The van der Waals surface area contributed by atoms with E-state index in [1.807, 2.05) is 0 Å². The van der Waals surface area contributed by atoms with Crippen LogP contribution < -0.4 is 5.32 Å². The highest BCUT2D eigenvalue weighted by Crippen LogP contribution is 2.26. The molecule has 7 heteroatoms. The normalized spacial score (nSPS) is 11.6. The van der Waals surface area contributed by atoms with Gasteiger partial charge in [0.25, 0.3) is 0 Å². The molecule has 0 atom stereocenters. The predicted octanol–water partition coefficient (Wildman–Crippen LogP) is 3.22. The molecule has 0 saturated heterocycles. The summed E-state index contributed by atoms with van der Waals surface area (Å²) in [7, 11) is -3.34. The van der Waals surface area contributed by atoms with Gasteiger partial charge in [-0.05, 0) is 42.8 Å². The summed E-state index contributed by atoms with van der Waals surface area (Å²) in [5, 5.41) is 3.56. The highest BCUT2D eigenvalue weighted by molar-refractivity contribution is 7.90. The molecule has 0 radical (unpaired) electrons. The van der Waals surface area contributed by atoms with Crippen molar-refractivity contribution < 1.29 is 12.8 Å². The molecule has 0 spiro atoms. The van der Waals surface area contributed by atoms with Crippen LogP contribution in [0, 0.1) is 12.7 Å². The number of halogens is 1. The lowest BCUT2D eigenvalue weighted by atomic mass is 10.2. The summed E-state index contributed by atoms with van der Waals surface area (Å²) >= 11 is 0. The Balaban J connectivity index is 2.11. The summed E-state index contributed by atoms with van der Waals surface area (Å²) in [6, 6.07) is 9.38. The highest BCUT2D eigenvalue weighted by atomic mass is 32.2. The predicted molar refractivity (Wildman–Crippen MR) is 87.1 cm³/mol. The van der Waals surface area contributed by atoms with Crippen molar-refractivity contribution in [1.82, 2.24) is 9.97 Å². The molecule has 5 nitrogen and oxygen atoms in total. The van der Waals surface area contributed by atoms with Crippen LogP contribution in [-0.2, 0) is 9.84 Å². The molecule has 0 amide bonds. The van der Waals surface area contributed by atoms with E-state index in [0.717, 1.165) is 6.26 Å². The standard InChI is InChI=1S/C16H14FN3O2S/c1-10-3-4-11(7-14(10)17)20-16-13-8-12(23(2,21)22)5-6-15(13)18-9-19-16/h3-9H,1-2H3,(H,18,19,20). The SMILES string of the molecule is Cc1ccc(Nc2ncnc3ccc(S(C)(=O)=O)cc23)cc1F. The van der Waals surface area contributed by atoms with Crippen LogP contribution in [0.5, 0.6) is 0 Å². The van der Waals surface area contributed by atoms with E-state index in [0.29, 0.717) is 28.0 Å². The second kappa shape index (κ2) is 5.58. The number of nitrogens with zero attached hydrogens (tertiary/aromatic N) is 2. The first-order valence-corrected chi connectivity index (χ1v) is 8.72. The van der Waals surface area contributed by atoms with Crippen molar-refractivity contribution in [1.29, 1.82) is 0 Å². The molecule has 1 aromatic heterocycles. The molecule has 1 heterocycles. The molecular weight excluding hydrogens is 317 g/mol. The number of sulfone groups is 1. The quantitative estimate of drug-likeness (QED) is 0.798. The Morgan fingerprint density at radius 2 is 1.87 bits per heavy atom. The van der Waals surface area contributed by atoms with Crippen molar-refractivity contribution in [3.8, 4) is 0 Å². The monoisotopic (exact) mass is 331 g/mol. The van der Waals surface area contributed by atoms with Gasteiger partial charge in [0.1, 0.15) is 18.0 Å². The van der Waals surface area contributed by atoms with Crippen molar-refractivity contribution in [2.24, 2.45) is 0 Å². The van der Waals surface area contributed by atoms with Crippen LogP contribution in [0.25, 0.3) is 10.9 Å².